The molecule has 0 bridgehead atoms. The largest absolute Gasteiger partial charge is 0.379 e. The highest BCUT2D eigenvalue weighted by Crippen LogP contribution is 2.23. The van der Waals surface area contributed by atoms with E-state index in [1.807, 2.05) is 0 Å². The maximum Gasteiger partial charge on any atom is 0.0594 e. The van der Waals surface area contributed by atoms with Crippen molar-refractivity contribution in [3.8, 4) is 0 Å². The number of ether oxygens (including phenoxy) is 1. The molecule has 0 N–H and O–H groups in total. The van der Waals surface area contributed by atoms with Gasteiger partial charge >= 0.3 is 0 Å². The molecular formula is C12H23NO. The van der Waals surface area contributed by atoms with Gasteiger partial charge in [-0.1, -0.05) is 32.9 Å². The second kappa shape index (κ2) is 4.94. The number of hydrogen-bond acceptors (Lipinski definition) is 2. The maximum atomic E-state index is 5.31. The molecule has 0 aromatic heterocycles. The SMILES string of the molecule is C=C(CN1CCOCC1)CC(C)(C)C. The molecule has 1 heterocycles. The molecule has 0 aromatic rings. The highest BCUT2D eigenvalue weighted by atomic mass is 16.5. The number of hydrogen-bond donors (Lipinski definition) is 0. The van der Waals surface area contributed by atoms with Crippen LogP contribution in [0.5, 0.6) is 0 Å². The highest BCUT2D eigenvalue weighted by molar-refractivity contribution is 5.00. The van der Waals surface area contributed by atoms with Gasteiger partial charge < -0.3 is 4.74 Å². The molecule has 1 aliphatic rings. The van der Waals surface area contributed by atoms with Crippen molar-refractivity contribution >= 4 is 0 Å². The third-order valence-electron chi connectivity index (χ3n) is 2.33. The molecule has 1 rings (SSSR count). The summed E-state index contributed by atoms with van der Waals surface area (Å²) in [6, 6.07) is 0. The van der Waals surface area contributed by atoms with Gasteiger partial charge in [0.15, 0.2) is 0 Å². The summed E-state index contributed by atoms with van der Waals surface area (Å²) >= 11 is 0. The summed E-state index contributed by atoms with van der Waals surface area (Å²) in [5.74, 6) is 0. The normalized spacial score (nSPS) is 19.6. The van der Waals surface area contributed by atoms with Crippen molar-refractivity contribution in [1.82, 2.24) is 4.90 Å². The van der Waals surface area contributed by atoms with Gasteiger partial charge in [0.25, 0.3) is 0 Å². The van der Waals surface area contributed by atoms with Gasteiger partial charge in [0, 0.05) is 19.6 Å². The summed E-state index contributed by atoms with van der Waals surface area (Å²) in [6.45, 7) is 15.9. The number of rotatable bonds is 3. The van der Waals surface area contributed by atoms with Crippen LogP contribution in [0.1, 0.15) is 27.2 Å². The average Bonchev–Trinajstić information content (AvgIpc) is 2.02. The Morgan fingerprint density at radius 1 is 1.29 bits per heavy atom. The summed E-state index contributed by atoms with van der Waals surface area (Å²) in [4.78, 5) is 2.43. The van der Waals surface area contributed by atoms with Crippen molar-refractivity contribution in [2.75, 3.05) is 32.8 Å². The molecule has 1 saturated heterocycles. The molecule has 82 valence electrons. The van der Waals surface area contributed by atoms with E-state index in [4.69, 9.17) is 4.74 Å². The predicted molar refractivity (Wildman–Crippen MR) is 60.5 cm³/mol. The first-order chi connectivity index (χ1) is 6.47. The fourth-order valence-electron chi connectivity index (χ4n) is 1.88. The Hall–Kier alpha value is -0.340. The van der Waals surface area contributed by atoms with Crippen molar-refractivity contribution in [1.29, 1.82) is 0 Å². The Morgan fingerprint density at radius 3 is 2.36 bits per heavy atom. The van der Waals surface area contributed by atoms with Crippen LogP contribution in [0, 0.1) is 5.41 Å². The summed E-state index contributed by atoms with van der Waals surface area (Å²) in [5.41, 5.74) is 1.71. The van der Waals surface area contributed by atoms with Gasteiger partial charge in [0.2, 0.25) is 0 Å². The molecule has 0 radical (unpaired) electrons. The number of nitrogens with zero attached hydrogens (tertiary/aromatic N) is 1. The Bertz CT molecular complexity index is 187. The molecule has 2 heteroatoms. The molecule has 0 amide bonds. The molecule has 1 aliphatic heterocycles. The van der Waals surface area contributed by atoms with E-state index in [0.29, 0.717) is 5.41 Å². The van der Waals surface area contributed by atoms with E-state index >= 15 is 0 Å². The lowest BCUT2D eigenvalue weighted by molar-refractivity contribution is 0.0416. The Kier molecular flexibility index (Phi) is 4.14. The van der Waals surface area contributed by atoms with E-state index in [-0.39, 0.29) is 0 Å². The highest BCUT2D eigenvalue weighted by Gasteiger charge is 2.15. The van der Waals surface area contributed by atoms with Crippen molar-refractivity contribution in [2.24, 2.45) is 5.41 Å². The standard InChI is InChI=1S/C12H23NO/c1-11(9-12(2,3)4)10-13-5-7-14-8-6-13/h1,5-10H2,2-4H3. The first-order valence-corrected chi connectivity index (χ1v) is 5.44. The molecular weight excluding hydrogens is 174 g/mol. The van der Waals surface area contributed by atoms with Crippen molar-refractivity contribution in [3.63, 3.8) is 0 Å². The fraction of sp³-hybridized carbons (Fsp3) is 0.833. The minimum absolute atomic E-state index is 0.364. The fourth-order valence-corrected chi connectivity index (χ4v) is 1.88. The van der Waals surface area contributed by atoms with Crippen LogP contribution in [0.25, 0.3) is 0 Å². The monoisotopic (exact) mass is 197 g/mol. The van der Waals surface area contributed by atoms with Crippen LogP contribution in [0.2, 0.25) is 0 Å². The lowest BCUT2D eigenvalue weighted by atomic mass is 9.88. The molecule has 0 saturated carbocycles. The van der Waals surface area contributed by atoms with Crippen molar-refractivity contribution in [2.45, 2.75) is 27.2 Å². The molecule has 0 aromatic carbocycles. The zero-order valence-corrected chi connectivity index (χ0v) is 9.81. The smallest absolute Gasteiger partial charge is 0.0594 e. The molecule has 2 nitrogen and oxygen atoms in total. The van der Waals surface area contributed by atoms with Crippen LogP contribution in [0.15, 0.2) is 12.2 Å². The molecule has 0 atom stereocenters. The van der Waals surface area contributed by atoms with Crippen LogP contribution in [0.3, 0.4) is 0 Å². The second-order valence-electron chi connectivity index (χ2n) is 5.38. The third-order valence-corrected chi connectivity index (χ3v) is 2.33. The summed E-state index contributed by atoms with van der Waals surface area (Å²) in [6.07, 6.45) is 1.12. The molecule has 1 fully saturated rings. The maximum absolute atomic E-state index is 5.31. The Morgan fingerprint density at radius 2 is 1.86 bits per heavy atom. The van der Waals surface area contributed by atoms with E-state index in [9.17, 15) is 0 Å². The Balaban J connectivity index is 2.25. The molecule has 14 heavy (non-hydrogen) atoms. The Labute approximate surface area is 87.9 Å². The zero-order chi connectivity index (χ0) is 10.6. The van der Waals surface area contributed by atoms with Crippen molar-refractivity contribution < 1.29 is 4.74 Å². The first kappa shape index (κ1) is 11.7. The third kappa shape index (κ3) is 4.77. The molecule has 0 unspecified atom stereocenters. The average molecular weight is 197 g/mol. The van der Waals surface area contributed by atoms with Crippen LogP contribution < -0.4 is 0 Å². The second-order valence-corrected chi connectivity index (χ2v) is 5.38. The zero-order valence-electron chi connectivity index (χ0n) is 9.81. The van der Waals surface area contributed by atoms with Gasteiger partial charge in [0.1, 0.15) is 0 Å². The first-order valence-electron chi connectivity index (χ1n) is 5.44. The van der Waals surface area contributed by atoms with E-state index in [1.165, 1.54) is 5.57 Å². The van der Waals surface area contributed by atoms with E-state index in [1.54, 1.807) is 0 Å². The topological polar surface area (TPSA) is 12.5 Å². The van der Waals surface area contributed by atoms with Gasteiger partial charge in [-0.05, 0) is 11.8 Å². The van der Waals surface area contributed by atoms with Gasteiger partial charge in [-0.2, -0.15) is 0 Å². The van der Waals surface area contributed by atoms with E-state index < -0.39 is 0 Å². The van der Waals surface area contributed by atoms with Crippen LogP contribution in [-0.2, 0) is 4.74 Å². The molecule has 0 spiro atoms. The minimum Gasteiger partial charge on any atom is -0.379 e. The van der Waals surface area contributed by atoms with Crippen molar-refractivity contribution in [3.05, 3.63) is 12.2 Å². The van der Waals surface area contributed by atoms with Gasteiger partial charge in [-0.3, -0.25) is 4.90 Å². The lowest BCUT2D eigenvalue weighted by Crippen LogP contribution is -2.37. The van der Waals surface area contributed by atoms with E-state index in [0.717, 1.165) is 39.3 Å². The van der Waals surface area contributed by atoms with Gasteiger partial charge in [-0.25, -0.2) is 0 Å². The lowest BCUT2D eigenvalue weighted by Gasteiger charge is -2.29. The summed E-state index contributed by atoms with van der Waals surface area (Å²) < 4.78 is 5.31. The van der Waals surface area contributed by atoms with Gasteiger partial charge in [0.05, 0.1) is 13.2 Å². The predicted octanol–water partition coefficient (Wildman–Crippen LogP) is 2.31. The number of morpholine rings is 1. The van der Waals surface area contributed by atoms with Crippen LogP contribution in [0.4, 0.5) is 0 Å². The van der Waals surface area contributed by atoms with Crippen LogP contribution in [-0.4, -0.2) is 37.7 Å². The quantitative estimate of drug-likeness (QED) is 0.644. The summed E-state index contributed by atoms with van der Waals surface area (Å²) in [5, 5.41) is 0. The molecule has 0 aliphatic carbocycles. The minimum atomic E-state index is 0.364. The summed E-state index contributed by atoms with van der Waals surface area (Å²) in [7, 11) is 0. The van der Waals surface area contributed by atoms with Crippen LogP contribution >= 0.6 is 0 Å². The van der Waals surface area contributed by atoms with E-state index in [2.05, 4.69) is 32.3 Å². The van der Waals surface area contributed by atoms with Gasteiger partial charge in [-0.15, -0.1) is 0 Å².